The van der Waals surface area contributed by atoms with Crippen LogP contribution in [0.1, 0.15) is 63.8 Å². The summed E-state index contributed by atoms with van der Waals surface area (Å²) in [7, 11) is 0. The molecule has 0 fully saturated rings. The number of Topliss-reactive ketones (excluding diaryl/α,β-unsaturated/α-hetero) is 1. The Balaban J connectivity index is 2.67. The lowest BCUT2D eigenvalue weighted by Crippen LogP contribution is -2.19. The third-order valence-corrected chi connectivity index (χ3v) is 3.80. The van der Waals surface area contributed by atoms with Gasteiger partial charge in [0.2, 0.25) is 0 Å². The van der Waals surface area contributed by atoms with E-state index in [1.165, 1.54) is 22.3 Å². The van der Waals surface area contributed by atoms with E-state index in [-0.39, 0.29) is 10.8 Å². The number of ketones is 1. The van der Waals surface area contributed by atoms with Gasteiger partial charge < -0.3 is 0 Å². The number of fused-ring (bicyclic) bond motifs is 1. The fourth-order valence-corrected chi connectivity index (χ4v) is 2.96. The van der Waals surface area contributed by atoms with Gasteiger partial charge in [0, 0.05) is 12.8 Å². The largest absolute Gasteiger partial charge is 0.299 e. The first kappa shape index (κ1) is 13.3. The Morgan fingerprint density at radius 3 is 1.39 bits per heavy atom. The summed E-state index contributed by atoms with van der Waals surface area (Å²) in [5.74, 6) is 0.368. The predicted octanol–water partition coefficient (Wildman–Crippen LogP) is 3.95. The van der Waals surface area contributed by atoms with E-state index in [0.717, 1.165) is 0 Å². The molecule has 1 nitrogen and oxygen atoms in total. The predicted molar refractivity (Wildman–Crippen MR) is 76.3 cm³/mol. The highest BCUT2D eigenvalue weighted by molar-refractivity contribution is 5.89. The summed E-state index contributed by atoms with van der Waals surface area (Å²) in [6, 6.07) is 4.47. The highest BCUT2D eigenvalue weighted by Gasteiger charge is 2.31. The summed E-state index contributed by atoms with van der Waals surface area (Å²) in [6.07, 6.45) is 1.26. The molecule has 1 aromatic carbocycles. The third kappa shape index (κ3) is 2.23. The average molecular weight is 244 g/mol. The molecule has 0 N–H and O–H groups in total. The Kier molecular flexibility index (Phi) is 2.92. The van der Waals surface area contributed by atoms with Crippen LogP contribution in [0.4, 0.5) is 0 Å². The van der Waals surface area contributed by atoms with Crippen LogP contribution in [-0.2, 0) is 28.5 Å². The molecule has 0 atom stereocenters. The first-order valence-electron chi connectivity index (χ1n) is 6.78. The summed E-state index contributed by atoms with van der Waals surface area (Å²) in [4.78, 5) is 11.9. The lowest BCUT2D eigenvalue weighted by molar-refractivity contribution is -0.117. The van der Waals surface area contributed by atoms with Crippen molar-refractivity contribution in [2.45, 2.75) is 65.2 Å². The maximum absolute atomic E-state index is 11.9. The van der Waals surface area contributed by atoms with Crippen LogP contribution < -0.4 is 0 Å². The molecular formula is C17H24O. The molecule has 2 rings (SSSR count). The van der Waals surface area contributed by atoms with Crippen LogP contribution in [0.3, 0.4) is 0 Å². The van der Waals surface area contributed by atoms with E-state index in [2.05, 4.69) is 53.7 Å². The molecular weight excluding hydrogens is 220 g/mol. The highest BCUT2D eigenvalue weighted by atomic mass is 16.1. The molecule has 0 aromatic heterocycles. The Morgan fingerprint density at radius 1 is 0.778 bits per heavy atom. The standard InChI is InChI=1S/C17H24O/c1-16(2,3)14-7-8-15(17(4,5)6)13-10-11(18)9-12(13)14/h7-8H,9-10H2,1-6H3. The van der Waals surface area contributed by atoms with Gasteiger partial charge in [-0.15, -0.1) is 0 Å². The number of benzene rings is 1. The van der Waals surface area contributed by atoms with Crippen LogP contribution >= 0.6 is 0 Å². The van der Waals surface area contributed by atoms with Crippen molar-refractivity contribution in [2.24, 2.45) is 0 Å². The Morgan fingerprint density at radius 2 is 1.11 bits per heavy atom. The molecule has 1 aromatic rings. The Hall–Kier alpha value is -1.11. The van der Waals surface area contributed by atoms with Crippen molar-refractivity contribution < 1.29 is 4.79 Å². The van der Waals surface area contributed by atoms with E-state index >= 15 is 0 Å². The van der Waals surface area contributed by atoms with Crippen molar-refractivity contribution in [1.29, 1.82) is 0 Å². The summed E-state index contributed by atoms with van der Waals surface area (Å²) < 4.78 is 0. The first-order chi connectivity index (χ1) is 8.10. The molecule has 0 aliphatic heterocycles. The number of hydrogen-bond donors (Lipinski definition) is 0. The zero-order valence-corrected chi connectivity index (χ0v) is 12.5. The molecule has 0 spiro atoms. The van der Waals surface area contributed by atoms with E-state index in [9.17, 15) is 4.79 Å². The molecule has 0 radical (unpaired) electrons. The number of hydrogen-bond acceptors (Lipinski definition) is 1. The fourth-order valence-electron chi connectivity index (χ4n) is 2.96. The van der Waals surface area contributed by atoms with E-state index < -0.39 is 0 Å². The summed E-state index contributed by atoms with van der Waals surface area (Å²) >= 11 is 0. The molecule has 1 heteroatoms. The lowest BCUT2D eigenvalue weighted by atomic mass is 9.77. The molecule has 0 bridgehead atoms. The SMILES string of the molecule is CC(C)(C)c1ccc(C(C)(C)C)c2c1CC(=O)C2. The van der Waals surface area contributed by atoms with Crippen LogP contribution in [0.15, 0.2) is 12.1 Å². The minimum absolute atomic E-state index is 0.116. The Labute approximate surface area is 111 Å². The summed E-state index contributed by atoms with van der Waals surface area (Å²) in [5.41, 5.74) is 5.53. The maximum atomic E-state index is 11.9. The van der Waals surface area contributed by atoms with Gasteiger partial charge in [-0.2, -0.15) is 0 Å². The second-order valence-corrected chi connectivity index (χ2v) is 7.51. The monoisotopic (exact) mass is 244 g/mol. The minimum atomic E-state index is 0.116. The van der Waals surface area contributed by atoms with Gasteiger partial charge in [0.15, 0.2) is 0 Å². The average Bonchev–Trinajstić information content (AvgIpc) is 2.53. The van der Waals surface area contributed by atoms with Crippen molar-refractivity contribution in [3.63, 3.8) is 0 Å². The van der Waals surface area contributed by atoms with Crippen molar-refractivity contribution in [1.82, 2.24) is 0 Å². The molecule has 0 saturated heterocycles. The van der Waals surface area contributed by atoms with Gasteiger partial charge in [0.25, 0.3) is 0 Å². The first-order valence-corrected chi connectivity index (χ1v) is 6.78. The quantitative estimate of drug-likeness (QED) is 0.675. The zero-order valence-electron chi connectivity index (χ0n) is 12.5. The molecule has 0 amide bonds. The van der Waals surface area contributed by atoms with Crippen LogP contribution in [-0.4, -0.2) is 5.78 Å². The lowest BCUT2D eigenvalue weighted by Gasteiger charge is -2.28. The van der Waals surface area contributed by atoms with Crippen molar-refractivity contribution in [3.05, 3.63) is 34.4 Å². The van der Waals surface area contributed by atoms with E-state index in [0.29, 0.717) is 18.6 Å². The summed E-state index contributed by atoms with van der Waals surface area (Å²) in [5, 5.41) is 0. The topological polar surface area (TPSA) is 17.1 Å². The van der Waals surface area contributed by atoms with Crippen molar-refractivity contribution in [3.8, 4) is 0 Å². The van der Waals surface area contributed by atoms with Gasteiger partial charge in [-0.1, -0.05) is 53.7 Å². The minimum Gasteiger partial charge on any atom is -0.299 e. The molecule has 1 aliphatic carbocycles. The maximum Gasteiger partial charge on any atom is 0.141 e. The smallest absolute Gasteiger partial charge is 0.141 e. The van der Waals surface area contributed by atoms with Crippen LogP contribution in [0.2, 0.25) is 0 Å². The number of rotatable bonds is 0. The third-order valence-electron chi connectivity index (χ3n) is 3.80. The molecule has 98 valence electrons. The van der Waals surface area contributed by atoms with Gasteiger partial charge in [0.05, 0.1) is 0 Å². The number of carbonyl (C=O) groups excluding carboxylic acids is 1. The Bertz CT molecular complexity index is 451. The van der Waals surface area contributed by atoms with Gasteiger partial charge in [-0.25, -0.2) is 0 Å². The van der Waals surface area contributed by atoms with Crippen molar-refractivity contribution in [2.75, 3.05) is 0 Å². The van der Waals surface area contributed by atoms with E-state index in [1.54, 1.807) is 0 Å². The zero-order chi connectivity index (χ0) is 13.7. The normalized spacial score (nSPS) is 16.0. The van der Waals surface area contributed by atoms with Gasteiger partial charge in [-0.05, 0) is 33.1 Å². The van der Waals surface area contributed by atoms with Gasteiger partial charge >= 0.3 is 0 Å². The van der Waals surface area contributed by atoms with Gasteiger partial charge in [0.1, 0.15) is 5.78 Å². The summed E-state index contributed by atoms with van der Waals surface area (Å²) in [6.45, 7) is 13.3. The van der Waals surface area contributed by atoms with Crippen LogP contribution in [0.5, 0.6) is 0 Å². The molecule has 18 heavy (non-hydrogen) atoms. The second kappa shape index (κ2) is 3.94. The van der Waals surface area contributed by atoms with Gasteiger partial charge in [-0.3, -0.25) is 4.79 Å². The highest BCUT2D eigenvalue weighted by Crippen LogP contribution is 2.38. The number of carbonyl (C=O) groups is 1. The van der Waals surface area contributed by atoms with Crippen molar-refractivity contribution >= 4 is 5.78 Å². The molecule has 0 saturated carbocycles. The molecule has 0 heterocycles. The molecule has 1 aliphatic rings. The second-order valence-electron chi connectivity index (χ2n) is 7.51. The van der Waals surface area contributed by atoms with Crippen LogP contribution in [0.25, 0.3) is 0 Å². The molecule has 0 unspecified atom stereocenters. The van der Waals surface area contributed by atoms with E-state index in [4.69, 9.17) is 0 Å². The fraction of sp³-hybridized carbons (Fsp3) is 0.588. The van der Waals surface area contributed by atoms with Crippen LogP contribution in [0, 0.1) is 0 Å². The van der Waals surface area contributed by atoms with E-state index in [1.807, 2.05) is 0 Å².